The maximum Gasteiger partial charge on any atom is 0.417 e. The van der Waals surface area contributed by atoms with E-state index in [1.54, 1.807) is 24.3 Å². The van der Waals surface area contributed by atoms with Crippen LogP contribution in [0.5, 0.6) is 0 Å². The summed E-state index contributed by atoms with van der Waals surface area (Å²) in [6.07, 6.45) is -1.87. The quantitative estimate of drug-likeness (QED) is 0.485. The lowest BCUT2D eigenvalue weighted by Crippen LogP contribution is -2.05. The molecule has 0 radical (unpaired) electrons. The second-order valence-electron chi connectivity index (χ2n) is 4.88. The number of hydrogen-bond acceptors (Lipinski definition) is 1. The van der Waals surface area contributed by atoms with E-state index in [2.05, 4.69) is 4.98 Å². The molecule has 0 saturated heterocycles. The molecule has 0 atom stereocenters. The van der Waals surface area contributed by atoms with E-state index < -0.39 is 15.5 Å². The van der Waals surface area contributed by atoms with E-state index in [0.717, 1.165) is 12.3 Å². The number of fused-ring (bicyclic) bond motifs is 1. The SMILES string of the molecule is FC(F)(F)c1ccc2nc(-c3ccc(C(Cl)(Cl)Cl)cc3)cn2c1. The van der Waals surface area contributed by atoms with Crippen LogP contribution in [0.4, 0.5) is 13.2 Å². The van der Waals surface area contributed by atoms with E-state index in [4.69, 9.17) is 34.8 Å². The van der Waals surface area contributed by atoms with Crippen molar-refractivity contribution in [3.05, 3.63) is 59.9 Å². The van der Waals surface area contributed by atoms with Gasteiger partial charge in [-0.25, -0.2) is 4.98 Å². The third-order valence-corrected chi connectivity index (χ3v) is 3.94. The minimum atomic E-state index is -4.40. The van der Waals surface area contributed by atoms with Crippen LogP contribution in [0.1, 0.15) is 11.1 Å². The van der Waals surface area contributed by atoms with E-state index in [1.165, 1.54) is 16.7 Å². The Morgan fingerprint density at radius 3 is 2.00 bits per heavy atom. The molecule has 3 aromatic rings. The summed E-state index contributed by atoms with van der Waals surface area (Å²) in [5.74, 6) is 0. The molecule has 0 spiro atoms. The predicted octanol–water partition coefficient (Wildman–Crippen LogP) is 5.85. The molecule has 1 aromatic carbocycles. The average molecular weight is 380 g/mol. The molecule has 2 nitrogen and oxygen atoms in total. The predicted molar refractivity (Wildman–Crippen MR) is 84.9 cm³/mol. The van der Waals surface area contributed by atoms with Crippen molar-refractivity contribution in [2.24, 2.45) is 0 Å². The Bertz CT molecular complexity index is 849. The number of nitrogens with zero attached hydrogens (tertiary/aromatic N) is 2. The molecule has 0 bridgehead atoms. The molecule has 0 amide bonds. The molecule has 0 aliphatic heterocycles. The number of hydrogen-bond donors (Lipinski definition) is 0. The van der Waals surface area contributed by atoms with Crippen LogP contribution in [-0.2, 0) is 9.97 Å². The molecule has 0 aliphatic rings. The van der Waals surface area contributed by atoms with Crippen LogP contribution in [0.3, 0.4) is 0 Å². The highest BCUT2D eigenvalue weighted by Crippen LogP contribution is 2.38. The maximum atomic E-state index is 12.7. The van der Waals surface area contributed by atoms with E-state index in [0.29, 0.717) is 22.5 Å². The third kappa shape index (κ3) is 3.42. The maximum absolute atomic E-state index is 12.7. The smallest absolute Gasteiger partial charge is 0.306 e. The lowest BCUT2D eigenvalue weighted by molar-refractivity contribution is -0.137. The van der Waals surface area contributed by atoms with Crippen LogP contribution < -0.4 is 0 Å². The summed E-state index contributed by atoms with van der Waals surface area (Å²) in [5, 5.41) is 0. The fourth-order valence-electron chi connectivity index (χ4n) is 2.13. The first-order chi connectivity index (χ1) is 10.6. The average Bonchev–Trinajstić information content (AvgIpc) is 2.88. The van der Waals surface area contributed by atoms with Gasteiger partial charge < -0.3 is 4.40 Å². The number of benzene rings is 1. The molecule has 2 aromatic heterocycles. The highest BCUT2D eigenvalue weighted by Gasteiger charge is 2.31. The summed E-state index contributed by atoms with van der Waals surface area (Å²) in [6.45, 7) is 0. The fraction of sp³-hybridized carbons (Fsp3) is 0.133. The van der Waals surface area contributed by atoms with Crippen molar-refractivity contribution in [3.63, 3.8) is 0 Å². The molecule has 3 rings (SSSR count). The number of pyridine rings is 1. The summed E-state index contributed by atoms with van der Waals surface area (Å²) in [5.41, 5.74) is 1.41. The highest BCUT2D eigenvalue weighted by molar-refractivity contribution is 6.66. The fourth-order valence-corrected chi connectivity index (χ4v) is 2.51. The van der Waals surface area contributed by atoms with Gasteiger partial charge in [-0.1, -0.05) is 59.1 Å². The van der Waals surface area contributed by atoms with Crippen LogP contribution in [0, 0.1) is 0 Å². The van der Waals surface area contributed by atoms with Crippen LogP contribution in [0.2, 0.25) is 0 Å². The monoisotopic (exact) mass is 378 g/mol. The Labute approximate surface area is 144 Å². The van der Waals surface area contributed by atoms with Gasteiger partial charge >= 0.3 is 6.18 Å². The Balaban J connectivity index is 2.00. The van der Waals surface area contributed by atoms with Crippen molar-refractivity contribution < 1.29 is 13.2 Å². The van der Waals surface area contributed by atoms with Crippen molar-refractivity contribution >= 4 is 40.4 Å². The van der Waals surface area contributed by atoms with Gasteiger partial charge in [0, 0.05) is 23.5 Å². The van der Waals surface area contributed by atoms with Crippen LogP contribution in [-0.4, -0.2) is 9.38 Å². The van der Waals surface area contributed by atoms with E-state index in [-0.39, 0.29) is 0 Å². The van der Waals surface area contributed by atoms with Gasteiger partial charge in [0.15, 0.2) is 0 Å². The number of halogens is 6. The van der Waals surface area contributed by atoms with Crippen LogP contribution in [0.15, 0.2) is 48.8 Å². The van der Waals surface area contributed by atoms with E-state index in [1.807, 2.05) is 0 Å². The molecule has 2 heterocycles. The summed E-state index contributed by atoms with van der Waals surface area (Å²) in [7, 11) is 0. The van der Waals surface area contributed by atoms with Crippen molar-refractivity contribution in [1.82, 2.24) is 9.38 Å². The van der Waals surface area contributed by atoms with E-state index in [9.17, 15) is 13.2 Å². The van der Waals surface area contributed by atoms with Crippen LogP contribution >= 0.6 is 34.8 Å². The van der Waals surface area contributed by atoms with Crippen molar-refractivity contribution in [2.45, 2.75) is 9.97 Å². The van der Waals surface area contributed by atoms with Gasteiger partial charge in [0.2, 0.25) is 3.79 Å². The minimum Gasteiger partial charge on any atom is -0.306 e. The molecule has 0 fully saturated rings. The Hall–Kier alpha value is -1.43. The second-order valence-corrected chi connectivity index (χ2v) is 7.16. The van der Waals surface area contributed by atoms with Crippen molar-refractivity contribution in [1.29, 1.82) is 0 Å². The number of rotatable bonds is 1. The van der Waals surface area contributed by atoms with E-state index >= 15 is 0 Å². The lowest BCUT2D eigenvalue weighted by atomic mass is 10.1. The molecular formula is C15H8Cl3F3N2. The lowest BCUT2D eigenvalue weighted by Gasteiger charge is -2.10. The Kier molecular flexibility index (Phi) is 3.99. The molecule has 0 N–H and O–H groups in total. The zero-order valence-corrected chi connectivity index (χ0v) is 13.5. The number of alkyl halides is 6. The summed E-state index contributed by atoms with van der Waals surface area (Å²) >= 11 is 17.4. The van der Waals surface area contributed by atoms with Crippen LogP contribution in [0.25, 0.3) is 16.9 Å². The third-order valence-electron chi connectivity index (χ3n) is 3.29. The highest BCUT2D eigenvalue weighted by atomic mass is 35.6. The zero-order valence-electron chi connectivity index (χ0n) is 11.3. The van der Waals surface area contributed by atoms with Gasteiger partial charge in [-0.15, -0.1) is 0 Å². The second kappa shape index (κ2) is 5.58. The number of aromatic nitrogens is 2. The zero-order chi connectivity index (χ0) is 16.8. The number of imidazole rings is 1. The first kappa shape index (κ1) is 16.4. The van der Waals surface area contributed by atoms with Crippen molar-refractivity contribution in [3.8, 4) is 11.3 Å². The molecule has 0 saturated carbocycles. The largest absolute Gasteiger partial charge is 0.417 e. The van der Waals surface area contributed by atoms with Gasteiger partial charge in [0.1, 0.15) is 5.65 Å². The topological polar surface area (TPSA) is 17.3 Å². The van der Waals surface area contributed by atoms with Crippen molar-refractivity contribution in [2.75, 3.05) is 0 Å². The first-order valence-electron chi connectivity index (χ1n) is 6.38. The summed E-state index contributed by atoms with van der Waals surface area (Å²) in [6, 6.07) is 8.98. The van der Waals surface area contributed by atoms with Gasteiger partial charge in [-0.05, 0) is 12.1 Å². The molecule has 0 unspecified atom stereocenters. The van der Waals surface area contributed by atoms with Gasteiger partial charge in [0.05, 0.1) is 11.3 Å². The standard InChI is InChI=1S/C15H8Cl3F3N2/c16-14(17,18)10-3-1-9(2-4-10)12-8-23-7-11(15(19,20)21)5-6-13(23)22-12/h1-8H. The van der Waals surface area contributed by atoms with Gasteiger partial charge in [-0.3, -0.25) is 0 Å². The molecule has 0 aliphatic carbocycles. The summed E-state index contributed by atoms with van der Waals surface area (Å²) < 4.78 is 38.0. The van der Waals surface area contributed by atoms with Gasteiger partial charge in [0.25, 0.3) is 0 Å². The first-order valence-corrected chi connectivity index (χ1v) is 7.51. The Morgan fingerprint density at radius 1 is 0.826 bits per heavy atom. The minimum absolute atomic E-state index is 0.415. The van der Waals surface area contributed by atoms with Gasteiger partial charge in [-0.2, -0.15) is 13.2 Å². The molecule has 120 valence electrons. The molecule has 8 heteroatoms. The molecule has 23 heavy (non-hydrogen) atoms. The summed E-state index contributed by atoms with van der Waals surface area (Å²) in [4.78, 5) is 4.29. The molecular weight excluding hydrogens is 372 g/mol. The Morgan fingerprint density at radius 2 is 1.43 bits per heavy atom. The normalized spacial score (nSPS) is 12.8.